The SMILES string of the molecule is Cc1ccc(C(c2cnc[nH]2)N2CCC(N(Cc3ccc(Oc4ccccc4)cc3)C(=O)Nc3ccccc3)CC2)cc1C(F)(F)F. The molecule has 0 spiro atoms. The van der Waals surface area contributed by atoms with E-state index in [2.05, 4.69) is 20.2 Å². The normalized spacial score (nSPS) is 14.8. The van der Waals surface area contributed by atoms with Crippen LogP contribution in [-0.4, -0.2) is 44.9 Å². The van der Waals surface area contributed by atoms with Crippen LogP contribution in [0, 0.1) is 6.92 Å². The molecule has 0 aliphatic carbocycles. The average molecular weight is 640 g/mol. The highest BCUT2D eigenvalue weighted by atomic mass is 19.4. The first-order valence-electron chi connectivity index (χ1n) is 15.6. The van der Waals surface area contributed by atoms with Gasteiger partial charge in [0.25, 0.3) is 0 Å². The van der Waals surface area contributed by atoms with Crippen LogP contribution < -0.4 is 10.1 Å². The summed E-state index contributed by atoms with van der Waals surface area (Å²) in [5.74, 6) is 1.44. The van der Waals surface area contributed by atoms with Crippen LogP contribution in [0.15, 0.2) is 116 Å². The fourth-order valence-electron chi connectivity index (χ4n) is 6.14. The number of carbonyl (C=O) groups excluding carboxylic acids is 1. The Morgan fingerprint density at radius 2 is 1.62 bits per heavy atom. The van der Waals surface area contributed by atoms with Crippen LogP contribution >= 0.6 is 0 Å². The molecule has 1 aliphatic heterocycles. The summed E-state index contributed by atoms with van der Waals surface area (Å²) in [5.41, 5.74) is 2.46. The quantitative estimate of drug-likeness (QED) is 0.169. The van der Waals surface area contributed by atoms with Gasteiger partial charge in [0.15, 0.2) is 0 Å². The van der Waals surface area contributed by atoms with E-state index >= 15 is 0 Å². The number of aromatic amines is 1. The van der Waals surface area contributed by atoms with Gasteiger partial charge in [0, 0.05) is 37.6 Å². The van der Waals surface area contributed by atoms with Gasteiger partial charge in [-0.1, -0.05) is 60.7 Å². The molecule has 1 unspecified atom stereocenters. The number of amides is 2. The second-order valence-corrected chi connectivity index (χ2v) is 11.7. The molecule has 1 saturated heterocycles. The van der Waals surface area contributed by atoms with Gasteiger partial charge in [-0.3, -0.25) is 4.90 Å². The average Bonchev–Trinajstić information content (AvgIpc) is 3.61. The van der Waals surface area contributed by atoms with Crippen molar-refractivity contribution in [2.24, 2.45) is 0 Å². The van der Waals surface area contributed by atoms with E-state index in [9.17, 15) is 18.0 Å². The number of halogens is 3. The van der Waals surface area contributed by atoms with E-state index < -0.39 is 17.8 Å². The topological polar surface area (TPSA) is 73.5 Å². The number of aryl methyl sites for hydroxylation is 1. The van der Waals surface area contributed by atoms with E-state index in [1.807, 2.05) is 89.8 Å². The zero-order chi connectivity index (χ0) is 32.8. The molecule has 2 amide bonds. The fourth-order valence-corrected chi connectivity index (χ4v) is 6.14. The Bertz CT molecular complexity index is 1740. The van der Waals surface area contributed by atoms with Crippen molar-refractivity contribution in [3.63, 3.8) is 0 Å². The minimum absolute atomic E-state index is 0.0959. The molecule has 2 heterocycles. The Hall–Kier alpha value is -5.09. The van der Waals surface area contributed by atoms with Gasteiger partial charge in [0.05, 0.1) is 23.6 Å². The molecule has 6 rings (SSSR count). The van der Waals surface area contributed by atoms with Crippen LogP contribution in [0.4, 0.5) is 23.7 Å². The predicted molar refractivity (Wildman–Crippen MR) is 175 cm³/mol. The van der Waals surface area contributed by atoms with E-state index in [1.54, 1.807) is 18.6 Å². The lowest BCUT2D eigenvalue weighted by Gasteiger charge is -2.41. The van der Waals surface area contributed by atoms with E-state index in [0.29, 0.717) is 49.5 Å². The summed E-state index contributed by atoms with van der Waals surface area (Å²) in [5, 5.41) is 3.04. The molecular weight excluding hydrogens is 603 g/mol. The molecular formula is C37H36F3N5O2. The van der Waals surface area contributed by atoms with Gasteiger partial charge in [0.2, 0.25) is 0 Å². The third-order valence-electron chi connectivity index (χ3n) is 8.54. The summed E-state index contributed by atoms with van der Waals surface area (Å²) in [6, 6.07) is 30.3. The lowest BCUT2D eigenvalue weighted by molar-refractivity contribution is -0.138. The fraction of sp³-hybridized carbons (Fsp3) is 0.243. The summed E-state index contributed by atoms with van der Waals surface area (Å²) in [6.45, 7) is 3.00. The summed E-state index contributed by atoms with van der Waals surface area (Å²) < 4.78 is 47.5. The van der Waals surface area contributed by atoms with Crippen molar-refractivity contribution in [2.45, 2.75) is 44.6 Å². The highest BCUT2D eigenvalue weighted by molar-refractivity contribution is 5.89. The monoisotopic (exact) mass is 639 g/mol. The van der Waals surface area contributed by atoms with Gasteiger partial charge in [0.1, 0.15) is 11.5 Å². The molecule has 1 aromatic heterocycles. The number of para-hydroxylation sites is 2. The second kappa shape index (κ2) is 14.1. The number of anilines is 1. The maximum Gasteiger partial charge on any atom is 0.416 e. The van der Waals surface area contributed by atoms with Crippen molar-refractivity contribution in [1.82, 2.24) is 19.8 Å². The number of nitrogens with one attached hydrogen (secondary N) is 2. The number of carbonyl (C=O) groups is 1. The first-order chi connectivity index (χ1) is 22.7. The predicted octanol–water partition coefficient (Wildman–Crippen LogP) is 8.82. The van der Waals surface area contributed by atoms with Gasteiger partial charge < -0.3 is 19.9 Å². The van der Waals surface area contributed by atoms with Crippen molar-refractivity contribution in [2.75, 3.05) is 18.4 Å². The number of ether oxygens (including phenoxy) is 1. The van der Waals surface area contributed by atoms with Gasteiger partial charge in [-0.15, -0.1) is 0 Å². The number of nitrogens with zero attached hydrogens (tertiary/aromatic N) is 3. The van der Waals surface area contributed by atoms with Crippen LogP contribution in [0.5, 0.6) is 11.5 Å². The van der Waals surface area contributed by atoms with Gasteiger partial charge in [-0.2, -0.15) is 13.2 Å². The highest BCUT2D eigenvalue weighted by Gasteiger charge is 2.36. The molecule has 1 aliphatic rings. The summed E-state index contributed by atoms with van der Waals surface area (Å²) >= 11 is 0. The Morgan fingerprint density at radius 3 is 2.26 bits per heavy atom. The number of urea groups is 1. The third-order valence-corrected chi connectivity index (χ3v) is 8.54. The van der Waals surface area contributed by atoms with E-state index in [-0.39, 0.29) is 17.6 Å². The molecule has 242 valence electrons. The molecule has 0 saturated carbocycles. The molecule has 0 radical (unpaired) electrons. The van der Waals surface area contributed by atoms with Crippen LogP contribution in [0.25, 0.3) is 0 Å². The summed E-state index contributed by atoms with van der Waals surface area (Å²) in [6.07, 6.45) is 0.0264. The zero-order valence-corrected chi connectivity index (χ0v) is 26.0. The number of likely N-dealkylation sites (tertiary alicyclic amines) is 1. The number of hydrogen-bond donors (Lipinski definition) is 2. The largest absolute Gasteiger partial charge is 0.457 e. The van der Waals surface area contributed by atoms with E-state index in [4.69, 9.17) is 4.74 Å². The van der Waals surface area contributed by atoms with Gasteiger partial charge in [-0.25, -0.2) is 9.78 Å². The van der Waals surface area contributed by atoms with E-state index in [1.165, 1.54) is 19.1 Å². The first kappa shape index (κ1) is 31.9. The number of alkyl halides is 3. The number of aromatic nitrogens is 2. The van der Waals surface area contributed by atoms with Crippen LogP contribution in [-0.2, 0) is 12.7 Å². The Morgan fingerprint density at radius 1 is 0.957 bits per heavy atom. The molecule has 0 bridgehead atoms. The van der Waals surface area contributed by atoms with E-state index in [0.717, 1.165) is 17.0 Å². The number of benzene rings is 4. The second-order valence-electron chi connectivity index (χ2n) is 11.7. The zero-order valence-electron chi connectivity index (χ0n) is 26.0. The van der Waals surface area contributed by atoms with Crippen LogP contribution in [0.2, 0.25) is 0 Å². The number of H-pyrrole nitrogens is 1. The number of hydrogen-bond acceptors (Lipinski definition) is 4. The van der Waals surface area contributed by atoms with Crippen LogP contribution in [0.1, 0.15) is 46.8 Å². The molecule has 1 fully saturated rings. The number of piperidine rings is 1. The molecule has 10 heteroatoms. The molecule has 2 N–H and O–H groups in total. The van der Waals surface area contributed by atoms with Crippen molar-refractivity contribution in [1.29, 1.82) is 0 Å². The standard InChI is InChI=1S/C37H36F3N5O2/c1-26-12-15-28(22-33(26)37(38,39)40)35(34-23-41-25-42-34)44-20-18-30(19-21-44)45(36(46)43-29-8-4-2-5-9-29)24-27-13-16-32(17-14-27)47-31-10-6-3-7-11-31/h2-17,22-23,25,30,35H,18-21,24H2,1H3,(H,41,42)(H,43,46). The first-order valence-corrected chi connectivity index (χ1v) is 15.6. The number of imidazole rings is 1. The lowest BCUT2D eigenvalue weighted by atomic mass is 9.94. The highest BCUT2D eigenvalue weighted by Crippen LogP contribution is 2.37. The molecule has 47 heavy (non-hydrogen) atoms. The van der Waals surface area contributed by atoms with Crippen molar-refractivity contribution in [3.8, 4) is 11.5 Å². The lowest BCUT2D eigenvalue weighted by Crippen LogP contribution is -2.49. The minimum Gasteiger partial charge on any atom is -0.457 e. The maximum atomic E-state index is 13.9. The minimum atomic E-state index is -4.45. The summed E-state index contributed by atoms with van der Waals surface area (Å²) in [7, 11) is 0. The van der Waals surface area contributed by atoms with Gasteiger partial charge in [-0.05, 0) is 78.9 Å². The smallest absolute Gasteiger partial charge is 0.416 e. The van der Waals surface area contributed by atoms with Crippen molar-refractivity contribution < 1.29 is 22.7 Å². The molecule has 1 atom stereocenters. The maximum absolute atomic E-state index is 13.9. The Labute approximate surface area is 272 Å². The summed E-state index contributed by atoms with van der Waals surface area (Å²) in [4.78, 5) is 25.1. The number of rotatable bonds is 9. The van der Waals surface area contributed by atoms with Crippen molar-refractivity contribution in [3.05, 3.63) is 144 Å². The molecule has 4 aromatic carbocycles. The Balaban J connectivity index is 1.21. The third kappa shape index (κ3) is 7.84. The Kier molecular flexibility index (Phi) is 9.58. The van der Waals surface area contributed by atoms with Crippen molar-refractivity contribution >= 4 is 11.7 Å². The van der Waals surface area contributed by atoms with Crippen LogP contribution in [0.3, 0.4) is 0 Å². The van der Waals surface area contributed by atoms with Gasteiger partial charge >= 0.3 is 12.2 Å². The molecule has 5 aromatic rings. The molecule has 7 nitrogen and oxygen atoms in total.